The Balaban J connectivity index is 3.23. The molecule has 1 aromatic rings. The second-order valence-corrected chi connectivity index (χ2v) is 8.25. The zero-order chi connectivity index (χ0) is 17.8. The number of rotatable bonds is 7. The molecule has 0 amide bonds. The highest BCUT2D eigenvalue weighted by Gasteiger charge is 2.30. The molecule has 0 heterocycles. The lowest BCUT2D eigenvalue weighted by molar-refractivity contribution is 0.0600. The highest BCUT2D eigenvalue weighted by molar-refractivity contribution is 7.89. The number of nitrogens with two attached hydrogens (primary N) is 1. The third-order valence-corrected chi connectivity index (χ3v) is 5.13. The molecule has 0 fully saturated rings. The molecule has 1 rings (SSSR count). The number of hydrogen-bond acceptors (Lipinski definition) is 5. The van der Waals surface area contributed by atoms with Gasteiger partial charge in [0, 0.05) is 17.1 Å². The number of ether oxygens (including phenoxy) is 1. The number of benzene rings is 1. The zero-order valence-corrected chi connectivity index (χ0v) is 15.3. The maximum atomic E-state index is 12.6. The van der Waals surface area contributed by atoms with Crippen LogP contribution in [0.25, 0.3) is 0 Å². The number of sulfonamides is 1. The van der Waals surface area contributed by atoms with E-state index in [1.807, 2.05) is 13.8 Å². The molecule has 8 heteroatoms. The molecular formula is C15H23ClN2O4S. The molecule has 6 nitrogen and oxygen atoms in total. The highest BCUT2D eigenvalue weighted by atomic mass is 35.5. The van der Waals surface area contributed by atoms with E-state index in [2.05, 4.69) is 9.46 Å². The second-order valence-electron chi connectivity index (χ2n) is 6.14. The van der Waals surface area contributed by atoms with Crippen molar-refractivity contribution in [3.8, 4) is 0 Å². The Labute approximate surface area is 142 Å². The summed E-state index contributed by atoms with van der Waals surface area (Å²) < 4.78 is 32.5. The minimum atomic E-state index is -3.88. The van der Waals surface area contributed by atoms with Crippen molar-refractivity contribution in [1.29, 1.82) is 0 Å². The van der Waals surface area contributed by atoms with Crippen LogP contribution in [0, 0.1) is 5.92 Å². The number of hydrogen-bond donors (Lipinski definition) is 2. The van der Waals surface area contributed by atoms with Gasteiger partial charge in [0.05, 0.1) is 17.6 Å². The van der Waals surface area contributed by atoms with Crippen LogP contribution in [0.2, 0.25) is 5.02 Å². The van der Waals surface area contributed by atoms with E-state index < -0.39 is 21.5 Å². The van der Waals surface area contributed by atoms with Gasteiger partial charge in [0.25, 0.3) is 0 Å². The average Bonchev–Trinajstić information content (AvgIpc) is 2.44. The maximum absolute atomic E-state index is 12.6. The number of methoxy groups -OCH3 is 1. The molecule has 0 radical (unpaired) electrons. The first-order chi connectivity index (χ1) is 10.5. The Morgan fingerprint density at radius 1 is 1.39 bits per heavy atom. The molecule has 1 aromatic carbocycles. The van der Waals surface area contributed by atoms with Gasteiger partial charge in [0.2, 0.25) is 10.0 Å². The molecule has 23 heavy (non-hydrogen) atoms. The van der Waals surface area contributed by atoms with Crippen molar-refractivity contribution in [2.24, 2.45) is 11.7 Å². The molecule has 0 aromatic heterocycles. The Morgan fingerprint density at radius 2 is 2.00 bits per heavy atom. The van der Waals surface area contributed by atoms with Gasteiger partial charge in [-0.15, -0.1) is 0 Å². The fourth-order valence-electron chi connectivity index (χ4n) is 2.40. The smallest absolute Gasteiger partial charge is 0.337 e. The van der Waals surface area contributed by atoms with E-state index in [-0.39, 0.29) is 27.9 Å². The summed E-state index contributed by atoms with van der Waals surface area (Å²) in [5.41, 5.74) is 5.02. The minimum Gasteiger partial charge on any atom is -0.465 e. The van der Waals surface area contributed by atoms with Crippen molar-refractivity contribution in [2.45, 2.75) is 37.6 Å². The van der Waals surface area contributed by atoms with E-state index >= 15 is 0 Å². The maximum Gasteiger partial charge on any atom is 0.337 e. The number of carbonyl (C=O) groups excluding carboxylic acids is 1. The van der Waals surface area contributed by atoms with E-state index in [0.29, 0.717) is 6.42 Å². The summed E-state index contributed by atoms with van der Waals surface area (Å²) in [4.78, 5) is 11.5. The molecule has 0 aliphatic carbocycles. The van der Waals surface area contributed by atoms with Crippen LogP contribution < -0.4 is 10.5 Å². The molecule has 0 spiro atoms. The third-order valence-electron chi connectivity index (χ3n) is 3.29. The van der Waals surface area contributed by atoms with Gasteiger partial charge in [0.15, 0.2) is 0 Å². The van der Waals surface area contributed by atoms with E-state index in [4.69, 9.17) is 17.3 Å². The molecule has 130 valence electrons. The fourth-order valence-corrected chi connectivity index (χ4v) is 4.20. The van der Waals surface area contributed by atoms with Crippen molar-refractivity contribution in [3.05, 3.63) is 28.8 Å². The van der Waals surface area contributed by atoms with Gasteiger partial charge < -0.3 is 10.5 Å². The molecule has 3 N–H and O–H groups in total. The van der Waals surface area contributed by atoms with Crippen LogP contribution in [0.15, 0.2) is 23.1 Å². The van der Waals surface area contributed by atoms with Crippen LogP contribution in [-0.4, -0.2) is 33.6 Å². The molecule has 0 aliphatic heterocycles. The Bertz CT molecular complexity index is 676. The topological polar surface area (TPSA) is 98.5 Å². The van der Waals surface area contributed by atoms with E-state index in [0.717, 1.165) is 0 Å². The lowest BCUT2D eigenvalue weighted by Crippen LogP contribution is -2.52. The van der Waals surface area contributed by atoms with E-state index in [1.165, 1.54) is 25.3 Å². The van der Waals surface area contributed by atoms with Gasteiger partial charge >= 0.3 is 5.97 Å². The quantitative estimate of drug-likeness (QED) is 0.724. The van der Waals surface area contributed by atoms with Crippen LogP contribution in [0.3, 0.4) is 0 Å². The lowest BCUT2D eigenvalue weighted by atomic mass is 9.92. The predicted molar refractivity (Wildman–Crippen MR) is 90.0 cm³/mol. The molecule has 0 saturated heterocycles. The van der Waals surface area contributed by atoms with Crippen molar-refractivity contribution in [1.82, 2.24) is 4.72 Å². The van der Waals surface area contributed by atoms with Crippen molar-refractivity contribution < 1.29 is 17.9 Å². The largest absolute Gasteiger partial charge is 0.465 e. The highest BCUT2D eigenvalue weighted by Crippen LogP contribution is 2.23. The predicted octanol–water partition coefficient (Wildman–Crippen LogP) is 2.17. The summed E-state index contributed by atoms with van der Waals surface area (Å²) in [7, 11) is -2.67. The molecule has 0 saturated carbocycles. The SMILES string of the molecule is COC(=O)c1cc(Cl)cc(S(=O)(=O)NC(C)(CN)CC(C)C)c1. The van der Waals surface area contributed by atoms with Gasteiger partial charge in [-0.3, -0.25) is 0 Å². The van der Waals surface area contributed by atoms with E-state index in [9.17, 15) is 13.2 Å². The summed E-state index contributed by atoms with van der Waals surface area (Å²) in [5.74, 6) is -0.399. The Hall–Kier alpha value is -1.15. The van der Waals surface area contributed by atoms with Crippen LogP contribution in [0.1, 0.15) is 37.6 Å². The molecule has 1 atom stereocenters. The normalized spacial score (nSPS) is 14.6. The summed E-state index contributed by atoms with van der Waals surface area (Å²) in [6.45, 7) is 5.86. The van der Waals surface area contributed by atoms with Gasteiger partial charge in [-0.25, -0.2) is 17.9 Å². The Kier molecular flexibility index (Phi) is 6.59. The summed E-state index contributed by atoms with van der Waals surface area (Å²) >= 11 is 5.92. The number of carbonyl (C=O) groups is 1. The summed E-state index contributed by atoms with van der Waals surface area (Å²) in [5, 5.41) is 0.131. The number of halogens is 1. The molecule has 0 aliphatic rings. The first-order valence-electron chi connectivity index (χ1n) is 7.16. The standard InChI is InChI=1S/C15H23ClN2O4S/c1-10(2)8-15(3,9-17)18-23(20,21)13-6-11(14(19)22-4)5-12(16)7-13/h5-7,10,18H,8-9,17H2,1-4H3. The summed E-state index contributed by atoms with van der Waals surface area (Å²) in [6, 6.07) is 3.86. The molecule has 0 bridgehead atoms. The lowest BCUT2D eigenvalue weighted by Gasteiger charge is -2.30. The van der Waals surface area contributed by atoms with Crippen LogP contribution in [0.4, 0.5) is 0 Å². The first kappa shape index (κ1) is 19.9. The van der Waals surface area contributed by atoms with E-state index in [1.54, 1.807) is 6.92 Å². The first-order valence-corrected chi connectivity index (χ1v) is 9.02. The van der Waals surface area contributed by atoms with Crippen LogP contribution >= 0.6 is 11.6 Å². The average molecular weight is 363 g/mol. The van der Waals surface area contributed by atoms with Crippen molar-refractivity contribution in [3.63, 3.8) is 0 Å². The number of esters is 1. The van der Waals surface area contributed by atoms with Gasteiger partial charge in [0.1, 0.15) is 0 Å². The van der Waals surface area contributed by atoms with Crippen molar-refractivity contribution >= 4 is 27.6 Å². The molecule has 1 unspecified atom stereocenters. The minimum absolute atomic E-state index is 0.0682. The fraction of sp³-hybridized carbons (Fsp3) is 0.533. The molecular weight excluding hydrogens is 340 g/mol. The zero-order valence-electron chi connectivity index (χ0n) is 13.7. The number of nitrogens with one attached hydrogen (secondary N) is 1. The monoisotopic (exact) mass is 362 g/mol. The second kappa shape index (κ2) is 7.61. The van der Waals surface area contributed by atoms with Crippen LogP contribution in [-0.2, 0) is 14.8 Å². The van der Waals surface area contributed by atoms with Crippen molar-refractivity contribution in [2.75, 3.05) is 13.7 Å². The van der Waals surface area contributed by atoms with Gasteiger partial charge in [-0.1, -0.05) is 25.4 Å². The van der Waals surface area contributed by atoms with Gasteiger partial charge in [-0.2, -0.15) is 0 Å². The summed E-state index contributed by atoms with van der Waals surface area (Å²) in [6.07, 6.45) is 0.577. The third kappa shape index (κ3) is 5.46. The Morgan fingerprint density at radius 3 is 2.48 bits per heavy atom. The van der Waals surface area contributed by atoms with Gasteiger partial charge in [-0.05, 0) is 37.5 Å². The van der Waals surface area contributed by atoms with Crippen LogP contribution in [0.5, 0.6) is 0 Å².